The Morgan fingerprint density at radius 1 is 1.33 bits per heavy atom. The molecule has 1 rings (SSSR count). The molecule has 0 nitrogen and oxygen atoms in total. The van der Waals surface area contributed by atoms with E-state index >= 15 is 0 Å². The Bertz CT molecular complexity index is 165. The lowest BCUT2D eigenvalue weighted by molar-refractivity contribution is 0.199. The van der Waals surface area contributed by atoms with E-state index in [1.165, 1.54) is 19.3 Å². The van der Waals surface area contributed by atoms with Crippen molar-refractivity contribution >= 4 is 0 Å². The molecule has 1 aliphatic rings. The van der Waals surface area contributed by atoms with Gasteiger partial charge in [-0.05, 0) is 43.4 Å². The van der Waals surface area contributed by atoms with Crippen molar-refractivity contribution in [3.63, 3.8) is 0 Å². The van der Waals surface area contributed by atoms with Gasteiger partial charge in [0.15, 0.2) is 0 Å². The molecule has 0 radical (unpaired) electrons. The van der Waals surface area contributed by atoms with Gasteiger partial charge in [0, 0.05) is 0 Å². The van der Waals surface area contributed by atoms with Crippen LogP contribution in [0.25, 0.3) is 0 Å². The number of hydrogen-bond acceptors (Lipinski definition) is 0. The Morgan fingerprint density at radius 3 is 2.42 bits per heavy atom. The smallest absolute Gasteiger partial charge is 0.0297 e. The summed E-state index contributed by atoms with van der Waals surface area (Å²) in [5, 5.41) is 0. The third-order valence-corrected chi connectivity index (χ3v) is 3.93. The molecule has 0 bridgehead atoms. The molecule has 0 aliphatic heterocycles. The Kier molecular flexibility index (Phi) is 2.98. The summed E-state index contributed by atoms with van der Waals surface area (Å²) >= 11 is 0. The summed E-state index contributed by atoms with van der Waals surface area (Å²) in [6.45, 7) is 9.37. The van der Waals surface area contributed by atoms with Gasteiger partial charge in [-0.25, -0.2) is 0 Å². The van der Waals surface area contributed by atoms with Crippen LogP contribution < -0.4 is 0 Å². The van der Waals surface area contributed by atoms with Crippen molar-refractivity contribution in [2.75, 3.05) is 0 Å². The van der Waals surface area contributed by atoms with Crippen LogP contribution in [0, 0.1) is 17.3 Å². The van der Waals surface area contributed by atoms with Crippen LogP contribution in [0.3, 0.4) is 0 Å². The highest BCUT2D eigenvalue weighted by Gasteiger charge is 2.39. The molecule has 1 fully saturated rings. The highest BCUT2D eigenvalue weighted by molar-refractivity contribution is 4.94. The zero-order chi connectivity index (χ0) is 9.19. The molecular formula is C12H22. The molecule has 12 heavy (non-hydrogen) atoms. The van der Waals surface area contributed by atoms with Crippen molar-refractivity contribution in [1.29, 1.82) is 0 Å². The van der Waals surface area contributed by atoms with Crippen LogP contribution in [0.15, 0.2) is 12.2 Å². The zero-order valence-corrected chi connectivity index (χ0v) is 8.93. The van der Waals surface area contributed by atoms with Gasteiger partial charge in [-0.15, -0.1) is 0 Å². The quantitative estimate of drug-likeness (QED) is 0.543. The fourth-order valence-corrected chi connectivity index (χ4v) is 2.32. The second-order valence-corrected chi connectivity index (χ2v) is 4.80. The van der Waals surface area contributed by atoms with Crippen LogP contribution in [0.4, 0.5) is 0 Å². The first-order valence-electron chi connectivity index (χ1n) is 5.20. The van der Waals surface area contributed by atoms with E-state index in [-0.39, 0.29) is 0 Å². The van der Waals surface area contributed by atoms with Crippen LogP contribution in [0.2, 0.25) is 0 Å². The molecule has 0 spiro atoms. The molecule has 0 saturated heterocycles. The van der Waals surface area contributed by atoms with Crippen molar-refractivity contribution in [3.05, 3.63) is 12.2 Å². The first kappa shape index (κ1) is 9.83. The third kappa shape index (κ3) is 1.73. The fourth-order valence-electron chi connectivity index (χ4n) is 2.32. The Labute approximate surface area is 77.1 Å². The maximum atomic E-state index is 2.43. The predicted molar refractivity (Wildman–Crippen MR) is 55.1 cm³/mol. The minimum Gasteiger partial charge on any atom is -0.0917 e. The van der Waals surface area contributed by atoms with Crippen molar-refractivity contribution < 1.29 is 0 Å². The third-order valence-electron chi connectivity index (χ3n) is 3.93. The molecule has 1 aliphatic carbocycles. The largest absolute Gasteiger partial charge is 0.0917 e. The normalized spacial score (nSPS) is 34.7. The average Bonchev–Trinajstić information content (AvgIpc) is 2.25. The van der Waals surface area contributed by atoms with Crippen LogP contribution in [-0.4, -0.2) is 0 Å². The van der Waals surface area contributed by atoms with Gasteiger partial charge in [0.05, 0.1) is 0 Å². The van der Waals surface area contributed by atoms with E-state index in [4.69, 9.17) is 0 Å². The van der Waals surface area contributed by atoms with Crippen LogP contribution in [0.1, 0.15) is 47.0 Å². The highest BCUT2D eigenvalue weighted by Crippen LogP contribution is 2.48. The molecular weight excluding hydrogens is 144 g/mol. The summed E-state index contributed by atoms with van der Waals surface area (Å²) in [6.07, 6.45) is 8.64. The van der Waals surface area contributed by atoms with Crippen LogP contribution in [-0.2, 0) is 0 Å². The Morgan fingerprint density at radius 2 is 2.00 bits per heavy atom. The molecule has 0 amide bonds. The van der Waals surface area contributed by atoms with Crippen molar-refractivity contribution in [2.45, 2.75) is 47.0 Å². The maximum Gasteiger partial charge on any atom is -0.0297 e. The fraction of sp³-hybridized carbons (Fsp3) is 0.833. The van der Waals surface area contributed by atoms with Gasteiger partial charge in [-0.1, -0.05) is 32.9 Å². The molecule has 2 atom stereocenters. The number of rotatable bonds is 2. The lowest BCUT2D eigenvalue weighted by Gasteiger charge is -2.30. The first-order valence-corrected chi connectivity index (χ1v) is 5.20. The summed E-state index contributed by atoms with van der Waals surface area (Å²) in [5.41, 5.74) is 0.569. The zero-order valence-electron chi connectivity index (χ0n) is 8.93. The SMILES string of the molecule is C/C=C/CC1CCC(C)C1(C)C. The standard InChI is InChI=1S/C12H22/c1-5-6-7-11-9-8-10(2)12(11,3)4/h5-6,10-11H,7-9H2,1-4H3/b6-5+. The van der Waals surface area contributed by atoms with Crippen molar-refractivity contribution in [3.8, 4) is 0 Å². The second kappa shape index (κ2) is 3.64. The van der Waals surface area contributed by atoms with Gasteiger partial charge in [0.25, 0.3) is 0 Å². The van der Waals surface area contributed by atoms with E-state index in [1.54, 1.807) is 0 Å². The first-order chi connectivity index (χ1) is 5.59. The highest BCUT2D eigenvalue weighted by atomic mass is 14.4. The van der Waals surface area contributed by atoms with E-state index in [9.17, 15) is 0 Å². The van der Waals surface area contributed by atoms with Gasteiger partial charge in [-0.3, -0.25) is 0 Å². The molecule has 0 heteroatoms. The topological polar surface area (TPSA) is 0 Å². The van der Waals surface area contributed by atoms with E-state index in [0.717, 1.165) is 11.8 Å². The summed E-state index contributed by atoms with van der Waals surface area (Å²) < 4.78 is 0. The molecule has 1 saturated carbocycles. The van der Waals surface area contributed by atoms with Crippen molar-refractivity contribution in [2.24, 2.45) is 17.3 Å². The minimum atomic E-state index is 0.569. The van der Waals surface area contributed by atoms with E-state index in [0.29, 0.717) is 5.41 Å². The summed E-state index contributed by atoms with van der Waals surface area (Å²) in [4.78, 5) is 0. The Hall–Kier alpha value is -0.260. The van der Waals surface area contributed by atoms with E-state index in [1.807, 2.05) is 0 Å². The minimum absolute atomic E-state index is 0.569. The molecule has 0 aromatic rings. The molecule has 0 heterocycles. The molecule has 0 aromatic carbocycles. The van der Waals surface area contributed by atoms with E-state index in [2.05, 4.69) is 39.8 Å². The summed E-state index contributed by atoms with van der Waals surface area (Å²) in [7, 11) is 0. The van der Waals surface area contributed by atoms with Crippen molar-refractivity contribution in [1.82, 2.24) is 0 Å². The second-order valence-electron chi connectivity index (χ2n) is 4.80. The molecule has 0 aromatic heterocycles. The maximum absolute atomic E-state index is 2.43. The van der Waals surface area contributed by atoms with Crippen LogP contribution >= 0.6 is 0 Å². The monoisotopic (exact) mass is 166 g/mol. The Balaban J connectivity index is 2.55. The number of allylic oxidation sites excluding steroid dienone is 2. The summed E-state index contributed by atoms with van der Waals surface area (Å²) in [5.74, 6) is 1.83. The number of hydrogen-bond donors (Lipinski definition) is 0. The lowest BCUT2D eigenvalue weighted by Crippen LogP contribution is -2.22. The predicted octanol–water partition coefficient (Wildman–Crippen LogP) is 4.02. The van der Waals surface area contributed by atoms with Gasteiger partial charge in [0.1, 0.15) is 0 Å². The average molecular weight is 166 g/mol. The van der Waals surface area contributed by atoms with Gasteiger partial charge < -0.3 is 0 Å². The van der Waals surface area contributed by atoms with E-state index < -0.39 is 0 Å². The molecule has 2 unspecified atom stereocenters. The lowest BCUT2D eigenvalue weighted by atomic mass is 9.75. The van der Waals surface area contributed by atoms with Gasteiger partial charge in [-0.2, -0.15) is 0 Å². The van der Waals surface area contributed by atoms with Crippen LogP contribution in [0.5, 0.6) is 0 Å². The molecule has 70 valence electrons. The van der Waals surface area contributed by atoms with Gasteiger partial charge in [0.2, 0.25) is 0 Å². The summed E-state index contributed by atoms with van der Waals surface area (Å²) in [6, 6.07) is 0. The van der Waals surface area contributed by atoms with Gasteiger partial charge >= 0.3 is 0 Å². The molecule has 0 N–H and O–H groups in total.